The number of fused-ring (bicyclic) bond motifs is 1. The fraction of sp³-hybridized carbons (Fsp3) is 0.385. The zero-order valence-corrected chi connectivity index (χ0v) is 19.3. The maximum Gasteiger partial charge on any atom is 0.245 e. The summed E-state index contributed by atoms with van der Waals surface area (Å²) in [5, 5.41) is 4.17. The lowest BCUT2D eigenvalue weighted by Crippen LogP contribution is -3.15. The first-order chi connectivity index (χ1) is 15.5. The normalized spacial score (nSPS) is 19.5. The second-order valence-electron chi connectivity index (χ2n) is 9.14. The fourth-order valence-corrected chi connectivity index (χ4v) is 4.84. The number of nitrogens with one attached hydrogen (secondary N) is 2. The third-order valence-electron chi connectivity index (χ3n) is 6.73. The third kappa shape index (κ3) is 4.70. The van der Waals surface area contributed by atoms with Crippen LogP contribution < -0.4 is 20.1 Å². The number of carbonyl (C=O) groups is 1. The molecule has 1 fully saturated rings. The van der Waals surface area contributed by atoms with Crippen LogP contribution in [-0.2, 0) is 10.2 Å². The molecule has 0 aliphatic carbocycles. The Morgan fingerprint density at radius 2 is 1.78 bits per heavy atom. The molecular formula is C26H34N5O+. The molecule has 6 heteroatoms. The zero-order chi connectivity index (χ0) is 22.6. The van der Waals surface area contributed by atoms with E-state index in [0.717, 1.165) is 38.4 Å². The van der Waals surface area contributed by atoms with Crippen molar-refractivity contribution in [3.63, 3.8) is 0 Å². The standard InChI is InChI=1S/C26H33N5O/c1-26(2)22-11-7-8-12-23(22)29(3)24(26)13-15-27-28-25(32)14-16-30-17-19-31(20-18-30)21-9-5-4-6-10-21/h4-13,15H,14,16-20H2,1-3H3,(H,28,32)/p+1/b24-13-,27-15-. The van der Waals surface area contributed by atoms with E-state index >= 15 is 0 Å². The molecule has 1 amide bonds. The molecule has 2 N–H and O–H groups in total. The Morgan fingerprint density at radius 3 is 2.50 bits per heavy atom. The molecule has 168 valence electrons. The number of quaternary nitrogens is 1. The van der Waals surface area contributed by atoms with Crippen molar-refractivity contribution in [2.75, 3.05) is 49.6 Å². The summed E-state index contributed by atoms with van der Waals surface area (Å²) in [7, 11) is 2.08. The van der Waals surface area contributed by atoms with Crippen LogP contribution in [0.15, 0.2) is 71.5 Å². The summed E-state index contributed by atoms with van der Waals surface area (Å²) >= 11 is 0. The first-order valence-electron chi connectivity index (χ1n) is 11.5. The summed E-state index contributed by atoms with van der Waals surface area (Å²) in [4.78, 5) is 18.3. The van der Waals surface area contributed by atoms with Gasteiger partial charge in [0.05, 0.1) is 39.1 Å². The van der Waals surface area contributed by atoms with Gasteiger partial charge in [-0.2, -0.15) is 5.10 Å². The van der Waals surface area contributed by atoms with Crippen LogP contribution in [0.2, 0.25) is 0 Å². The molecule has 0 aromatic heterocycles. The minimum absolute atomic E-state index is 0.0278. The van der Waals surface area contributed by atoms with E-state index in [1.165, 1.54) is 21.8 Å². The van der Waals surface area contributed by atoms with Gasteiger partial charge in [-0.15, -0.1) is 0 Å². The van der Waals surface area contributed by atoms with Gasteiger partial charge in [-0.25, -0.2) is 5.43 Å². The summed E-state index contributed by atoms with van der Waals surface area (Å²) < 4.78 is 0. The predicted octanol–water partition coefficient (Wildman–Crippen LogP) is 2.20. The summed E-state index contributed by atoms with van der Waals surface area (Å²) in [6, 6.07) is 19.0. The number of hydrogen-bond acceptors (Lipinski definition) is 4. The summed E-state index contributed by atoms with van der Waals surface area (Å²) in [5.41, 5.74) is 7.57. The Kier molecular flexibility index (Phi) is 6.61. The van der Waals surface area contributed by atoms with Crippen LogP contribution in [0, 0.1) is 0 Å². The van der Waals surface area contributed by atoms with E-state index < -0.39 is 0 Å². The number of nitrogens with zero attached hydrogens (tertiary/aromatic N) is 3. The predicted molar refractivity (Wildman–Crippen MR) is 131 cm³/mol. The molecule has 6 nitrogen and oxygen atoms in total. The molecule has 32 heavy (non-hydrogen) atoms. The van der Waals surface area contributed by atoms with E-state index in [1.54, 1.807) is 6.21 Å². The van der Waals surface area contributed by atoms with Gasteiger partial charge in [0.15, 0.2) is 0 Å². The third-order valence-corrected chi connectivity index (χ3v) is 6.73. The number of hydrogen-bond donors (Lipinski definition) is 2. The average molecular weight is 433 g/mol. The van der Waals surface area contributed by atoms with Gasteiger partial charge in [0.25, 0.3) is 0 Å². The second kappa shape index (κ2) is 9.57. The first kappa shape index (κ1) is 22.1. The van der Waals surface area contributed by atoms with E-state index in [9.17, 15) is 4.79 Å². The van der Waals surface area contributed by atoms with E-state index in [4.69, 9.17) is 0 Å². The molecule has 0 saturated carbocycles. The van der Waals surface area contributed by atoms with Crippen LogP contribution in [0.1, 0.15) is 25.8 Å². The molecule has 0 atom stereocenters. The zero-order valence-electron chi connectivity index (χ0n) is 19.3. The van der Waals surface area contributed by atoms with Crippen LogP contribution in [0.5, 0.6) is 0 Å². The van der Waals surface area contributed by atoms with Crippen LogP contribution >= 0.6 is 0 Å². The van der Waals surface area contributed by atoms with Gasteiger partial charge in [-0.05, 0) is 29.8 Å². The van der Waals surface area contributed by atoms with Crippen LogP contribution in [0.25, 0.3) is 0 Å². The number of likely N-dealkylation sites (N-methyl/N-ethyl adjacent to an activating group) is 1. The van der Waals surface area contributed by atoms with Gasteiger partial charge in [-0.3, -0.25) is 4.79 Å². The molecule has 0 bridgehead atoms. The number of allylic oxidation sites excluding steroid dienone is 2. The second-order valence-corrected chi connectivity index (χ2v) is 9.14. The number of benzene rings is 2. The van der Waals surface area contributed by atoms with Gasteiger partial charge in [0.2, 0.25) is 5.91 Å². The summed E-state index contributed by atoms with van der Waals surface area (Å²) in [5.74, 6) is -0.0278. The van der Waals surface area contributed by atoms with Crippen molar-refractivity contribution in [1.82, 2.24) is 5.43 Å². The van der Waals surface area contributed by atoms with Gasteiger partial charge in [-0.1, -0.05) is 50.2 Å². The smallest absolute Gasteiger partial charge is 0.245 e. The lowest BCUT2D eigenvalue weighted by atomic mass is 9.84. The van der Waals surface area contributed by atoms with Gasteiger partial charge >= 0.3 is 0 Å². The van der Waals surface area contributed by atoms with Crippen molar-refractivity contribution in [2.45, 2.75) is 25.7 Å². The lowest BCUT2D eigenvalue weighted by Gasteiger charge is -2.33. The largest absolute Gasteiger partial charge is 0.360 e. The van der Waals surface area contributed by atoms with Crippen molar-refractivity contribution in [3.05, 3.63) is 71.9 Å². The van der Waals surface area contributed by atoms with Crippen molar-refractivity contribution in [3.8, 4) is 0 Å². The first-order valence-corrected chi connectivity index (χ1v) is 11.5. The van der Waals surface area contributed by atoms with Crippen molar-refractivity contribution in [1.29, 1.82) is 0 Å². The van der Waals surface area contributed by atoms with E-state index in [1.807, 2.05) is 12.1 Å². The molecule has 1 saturated heterocycles. The highest BCUT2D eigenvalue weighted by molar-refractivity contribution is 5.81. The Labute approximate surface area is 191 Å². The van der Waals surface area contributed by atoms with Crippen molar-refractivity contribution >= 4 is 23.5 Å². The highest BCUT2D eigenvalue weighted by Crippen LogP contribution is 2.46. The van der Waals surface area contributed by atoms with E-state index in [-0.39, 0.29) is 11.3 Å². The molecule has 0 radical (unpaired) electrons. The van der Waals surface area contributed by atoms with Crippen LogP contribution in [-0.4, -0.2) is 51.9 Å². The molecule has 4 rings (SSSR count). The Morgan fingerprint density at radius 1 is 1.09 bits per heavy atom. The topological polar surface area (TPSA) is 52.4 Å². The minimum Gasteiger partial charge on any atom is -0.360 e. The molecule has 0 unspecified atom stereocenters. The van der Waals surface area contributed by atoms with Gasteiger partial charge in [0, 0.05) is 35.7 Å². The average Bonchev–Trinajstić information content (AvgIpc) is 3.02. The monoisotopic (exact) mass is 432 g/mol. The number of para-hydroxylation sites is 2. The molecule has 2 aromatic carbocycles. The maximum atomic E-state index is 12.3. The number of amides is 1. The van der Waals surface area contributed by atoms with E-state index in [0.29, 0.717) is 6.42 Å². The lowest BCUT2D eigenvalue weighted by molar-refractivity contribution is -0.900. The highest BCUT2D eigenvalue weighted by Gasteiger charge is 2.37. The van der Waals surface area contributed by atoms with E-state index in [2.05, 4.69) is 89.8 Å². The molecular weight excluding hydrogens is 398 g/mol. The number of carbonyl (C=O) groups excluding carboxylic acids is 1. The van der Waals surface area contributed by atoms with Gasteiger partial charge in [0.1, 0.15) is 0 Å². The van der Waals surface area contributed by atoms with Crippen molar-refractivity contribution in [2.24, 2.45) is 5.10 Å². The highest BCUT2D eigenvalue weighted by atomic mass is 16.2. The number of anilines is 2. The fourth-order valence-electron chi connectivity index (χ4n) is 4.84. The molecule has 2 aliphatic rings. The summed E-state index contributed by atoms with van der Waals surface area (Å²) in [6.45, 7) is 9.44. The summed E-state index contributed by atoms with van der Waals surface area (Å²) in [6.07, 6.45) is 4.18. The SMILES string of the molecule is CN1/C(=C\C=N/NC(=O)CC[NH+]2CCN(c3ccccc3)CC2)C(C)(C)c2ccccc21. The quantitative estimate of drug-likeness (QED) is 0.544. The van der Waals surface area contributed by atoms with Crippen LogP contribution in [0.3, 0.4) is 0 Å². The van der Waals surface area contributed by atoms with Crippen LogP contribution in [0.4, 0.5) is 11.4 Å². The Hall–Kier alpha value is -3.12. The number of piperazine rings is 1. The molecule has 0 spiro atoms. The number of rotatable bonds is 6. The molecule has 2 aliphatic heterocycles. The van der Waals surface area contributed by atoms with Gasteiger partial charge < -0.3 is 14.7 Å². The Bertz CT molecular complexity index is 990. The Balaban J connectivity index is 1.22. The minimum atomic E-state index is -0.0906. The van der Waals surface area contributed by atoms with Crippen molar-refractivity contribution < 1.29 is 9.69 Å². The maximum absolute atomic E-state index is 12.3. The number of hydrazone groups is 1. The molecule has 2 aromatic rings. The molecule has 2 heterocycles.